The molecule has 0 aliphatic carbocycles. The van der Waals surface area contributed by atoms with Crippen molar-refractivity contribution in [1.29, 1.82) is 0 Å². The molecule has 0 amide bonds. The Labute approximate surface area is 80.9 Å². The molecule has 0 fully saturated rings. The molecular weight excluding hydrogens is 178 g/mol. The minimum atomic E-state index is -0.144. The molecule has 0 aliphatic rings. The predicted octanol–water partition coefficient (Wildman–Crippen LogP) is 1.61. The van der Waals surface area contributed by atoms with Gasteiger partial charge < -0.3 is 4.98 Å². The Bertz CT molecular complexity index is 548. The lowest BCUT2D eigenvalue weighted by molar-refractivity contribution is 1.01. The summed E-state index contributed by atoms with van der Waals surface area (Å²) in [5.41, 5.74) is 2.17. The van der Waals surface area contributed by atoms with E-state index in [0.717, 1.165) is 11.2 Å². The van der Waals surface area contributed by atoms with Crippen molar-refractivity contribution >= 4 is 16.9 Å². The lowest BCUT2D eigenvalue weighted by Crippen LogP contribution is -2.14. The van der Waals surface area contributed by atoms with Crippen molar-refractivity contribution in [1.82, 2.24) is 14.5 Å². The first-order chi connectivity index (χ1) is 6.74. The van der Waals surface area contributed by atoms with Crippen LogP contribution < -0.4 is 5.69 Å². The van der Waals surface area contributed by atoms with Gasteiger partial charge in [0.2, 0.25) is 0 Å². The molecule has 0 unspecified atom stereocenters. The number of pyridine rings is 1. The van der Waals surface area contributed by atoms with Crippen LogP contribution in [0.15, 0.2) is 29.2 Å². The summed E-state index contributed by atoms with van der Waals surface area (Å²) in [6, 6.07) is 3.64. The van der Waals surface area contributed by atoms with E-state index in [1.165, 1.54) is 0 Å². The van der Waals surface area contributed by atoms with Crippen LogP contribution in [0.1, 0.15) is 13.8 Å². The van der Waals surface area contributed by atoms with E-state index in [4.69, 9.17) is 0 Å². The van der Waals surface area contributed by atoms with Gasteiger partial charge in [-0.25, -0.2) is 14.3 Å². The molecule has 4 heteroatoms. The zero-order chi connectivity index (χ0) is 10.1. The summed E-state index contributed by atoms with van der Waals surface area (Å²) in [5.74, 6) is 0. The molecule has 0 aliphatic heterocycles. The second-order valence-corrected chi connectivity index (χ2v) is 3.07. The van der Waals surface area contributed by atoms with Crippen molar-refractivity contribution in [2.45, 2.75) is 13.8 Å². The topological polar surface area (TPSA) is 50.7 Å². The SMILES string of the molecule is C/C=C(\C)n1c(=O)[nH]c2cccnc21. The Morgan fingerprint density at radius 3 is 3.14 bits per heavy atom. The molecule has 14 heavy (non-hydrogen) atoms. The van der Waals surface area contributed by atoms with E-state index in [1.807, 2.05) is 26.0 Å². The Morgan fingerprint density at radius 1 is 1.64 bits per heavy atom. The van der Waals surface area contributed by atoms with Crippen molar-refractivity contribution in [3.63, 3.8) is 0 Å². The smallest absolute Gasteiger partial charge is 0.304 e. The molecule has 0 radical (unpaired) electrons. The number of nitrogens with zero attached hydrogens (tertiary/aromatic N) is 2. The highest BCUT2D eigenvalue weighted by molar-refractivity contribution is 5.74. The van der Waals surface area contributed by atoms with Gasteiger partial charge in [-0.2, -0.15) is 0 Å². The fraction of sp³-hybridized carbons (Fsp3) is 0.200. The van der Waals surface area contributed by atoms with Crippen LogP contribution >= 0.6 is 0 Å². The molecule has 0 bridgehead atoms. The Balaban J connectivity index is 2.88. The molecule has 0 spiro atoms. The number of rotatable bonds is 1. The van der Waals surface area contributed by atoms with Crippen LogP contribution in [0.5, 0.6) is 0 Å². The standard InChI is InChI=1S/C10H11N3O/c1-3-7(2)13-9-8(12-10(13)14)5-4-6-11-9/h3-6H,1-2H3,(H,12,14)/b7-3+. The molecule has 0 saturated carbocycles. The molecule has 0 aromatic carbocycles. The molecule has 4 nitrogen and oxygen atoms in total. The Morgan fingerprint density at radius 2 is 2.43 bits per heavy atom. The van der Waals surface area contributed by atoms with E-state index < -0.39 is 0 Å². The number of fused-ring (bicyclic) bond motifs is 1. The first-order valence-electron chi connectivity index (χ1n) is 4.43. The third-order valence-electron chi connectivity index (χ3n) is 2.21. The lowest BCUT2D eigenvalue weighted by Gasteiger charge is -1.99. The minimum absolute atomic E-state index is 0.144. The number of hydrogen-bond donors (Lipinski definition) is 1. The van der Waals surface area contributed by atoms with Gasteiger partial charge in [0.05, 0.1) is 5.52 Å². The first kappa shape index (κ1) is 8.74. The van der Waals surface area contributed by atoms with Gasteiger partial charge >= 0.3 is 5.69 Å². The van der Waals surface area contributed by atoms with E-state index >= 15 is 0 Å². The van der Waals surface area contributed by atoms with Gasteiger partial charge in [-0.1, -0.05) is 6.08 Å². The highest BCUT2D eigenvalue weighted by atomic mass is 16.1. The van der Waals surface area contributed by atoms with Gasteiger partial charge in [0.1, 0.15) is 0 Å². The minimum Gasteiger partial charge on any atom is -0.304 e. The summed E-state index contributed by atoms with van der Waals surface area (Å²) in [6.07, 6.45) is 3.55. The van der Waals surface area contributed by atoms with Gasteiger partial charge in [-0.3, -0.25) is 0 Å². The maximum absolute atomic E-state index is 11.6. The van der Waals surface area contributed by atoms with Crippen LogP contribution in [0.3, 0.4) is 0 Å². The summed E-state index contributed by atoms with van der Waals surface area (Å²) >= 11 is 0. The van der Waals surface area contributed by atoms with Gasteiger partial charge in [-0.15, -0.1) is 0 Å². The largest absolute Gasteiger partial charge is 0.332 e. The van der Waals surface area contributed by atoms with E-state index in [9.17, 15) is 4.79 Å². The highest BCUT2D eigenvalue weighted by Gasteiger charge is 2.07. The molecule has 2 heterocycles. The zero-order valence-corrected chi connectivity index (χ0v) is 8.11. The number of H-pyrrole nitrogens is 1. The van der Waals surface area contributed by atoms with Crippen LogP contribution in [-0.2, 0) is 0 Å². The summed E-state index contributed by atoms with van der Waals surface area (Å²) in [5, 5.41) is 0. The van der Waals surface area contributed by atoms with Crippen molar-refractivity contribution in [3.8, 4) is 0 Å². The monoisotopic (exact) mass is 189 g/mol. The van der Waals surface area contributed by atoms with Crippen LogP contribution in [0, 0.1) is 0 Å². The number of allylic oxidation sites excluding steroid dienone is 2. The van der Waals surface area contributed by atoms with Crippen molar-refractivity contribution < 1.29 is 0 Å². The summed E-state index contributed by atoms with van der Waals surface area (Å²) < 4.78 is 1.56. The normalized spacial score (nSPS) is 12.3. The molecule has 1 N–H and O–H groups in total. The molecule has 0 atom stereocenters. The molecule has 0 saturated heterocycles. The van der Waals surface area contributed by atoms with E-state index in [0.29, 0.717) is 5.65 Å². The second-order valence-electron chi connectivity index (χ2n) is 3.07. The number of imidazole rings is 1. The third kappa shape index (κ3) is 1.16. The second kappa shape index (κ2) is 3.14. The summed E-state index contributed by atoms with van der Waals surface area (Å²) in [7, 11) is 0. The Hall–Kier alpha value is -1.84. The number of nitrogens with one attached hydrogen (secondary N) is 1. The molecule has 72 valence electrons. The number of aromatic nitrogens is 3. The molecular formula is C10H11N3O. The lowest BCUT2D eigenvalue weighted by atomic mass is 10.4. The number of hydrogen-bond acceptors (Lipinski definition) is 2. The van der Waals surface area contributed by atoms with Gasteiger partial charge in [0.25, 0.3) is 0 Å². The quantitative estimate of drug-likeness (QED) is 0.740. The predicted molar refractivity (Wildman–Crippen MR) is 56.0 cm³/mol. The van der Waals surface area contributed by atoms with Gasteiger partial charge in [0.15, 0.2) is 5.65 Å². The highest BCUT2D eigenvalue weighted by Crippen LogP contribution is 2.10. The maximum atomic E-state index is 11.6. The molecule has 2 rings (SSSR count). The van der Waals surface area contributed by atoms with Crippen molar-refractivity contribution in [2.75, 3.05) is 0 Å². The average Bonchev–Trinajstić information content (AvgIpc) is 2.53. The third-order valence-corrected chi connectivity index (χ3v) is 2.21. The van der Waals surface area contributed by atoms with E-state index in [1.54, 1.807) is 16.8 Å². The first-order valence-corrected chi connectivity index (χ1v) is 4.43. The molecule has 2 aromatic rings. The molecule has 2 aromatic heterocycles. The van der Waals surface area contributed by atoms with Crippen LogP contribution in [0.4, 0.5) is 0 Å². The fourth-order valence-electron chi connectivity index (χ4n) is 1.40. The van der Waals surface area contributed by atoms with Crippen molar-refractivity contribution in [3.05, 3.63) is 34.9 Å². The number of aromatic amines is 1. The van der Waals surface area contributed by atoms with Gasteiger partial charge in [0, 0.05) is 11.9 Å². The average molecular weight is 189 g/mol. The van der Waals surface area contributed by atoms with Crippen molar-refractivity contribution in [2.24, 2.45) is 0 Å². The summed E-state index contributed by atoms with van der Waals surface area (Å²) in [4.78, 5) is 18.5. The zero-order valence-electron chi connectivity index (χ0n) is 8.11. The van der Waals surface area contributed by atoms with Crippen LogP contribution in [-0.4, -0.2) is 14.5 Å². The van der Waals surface area contributed by atoms with E-state index in [-0.39, 0.29) is 5.69 Å². The maximum Gasteiger partial charge on any atom is 0.332 e. The van der Waals surface area contributed by atoms with Crippen LogP contribution in [0.25, 0.3) is 16.9 Å². The summed E-state index contributed by atoms with van der Waals surface area (Å²) in [6.45, 7) is 3.77. The Kier molecular flexibility index (Phi) is 1.96. The van der Waals surface area contributed by atoms with Gasteiger partial charge in [-0.05, 0) is 26.0 Å². The van der Waals surface area contributed by atoms with Crippen LogP contribution in [0.2, 0.25) is 0 Å². The fourth-order valence-corrected chi connectivity index (χ4v) is 1.40. The van der Waals surface area contributed by atoms with E-state index in [2.05, 4.69) is 9.97 Å².